The van der Waals surface area contributed by atoms with Crippen LogP contribution >= 0.6 is 0 Å². The first-order valence-corrected chi connectivity index (χ1v) is 3.16. The smallest absolute Gasteiger partial charge is 0.311 e. The summed E-state index contributed by atoms with van der Waals surface area (Å²) in [6.07, 6.45) is -11.7. The van der Waals surface area contributed by atoms with Crippen LogP contribution in [0.3, 0.4) is 0 Å². The van der Waals surface area contributed by atoms with Gasteiger partial charge in [-0.2, -0.15) is 22.0 Å². The number of rotatable bonds is 2. The van der Waals surface area contributed by atoms with Gasteiger partial charge in [0.15, 0.2) is 0 Å². The van der Waals surface area contributed by atoms with E-state index in [0.29, 0.717) is 0 Å². The van der Waals surface area contributed by atoms with Crippen molar-refractivity contribution in [3.05, 3.63) is 0 Å². The zero-order valence-electron chi connectivity index (χ0n) is 5.79. The Kier molecular flexibility index (Phi) is 2.26. The zero-order valence-corrected chi connectivity index (χ0v) is 5.79. The van der Waals surface area contributed by atoms with Gasteiger partial charge in [0, 0.05) is 13.1 Å². The fraction of sp³-hybridized carbons (Fsp3) is 1.00. The lowest BCUT2D eigenvalue weighted by Gasteiger charge is -2.31. The van der Waals surface area contributed by atoms with Gasteiger partial charge in [-0.3, -0.25) is 0 Å². The molecule has 0 amide bonds. The SMILES string of the molecule is FC(F)(F)C(F)(F)OC1CNC1. The Hall–Kier alpha value is -0.430. The minimum atomic E-state index is -5.62. The van der Waals surface area contributed by atoms with Gasteiger partial charge in [-0.1, -0.05) is 0 Å². The summed E-state index contributed by atoms with van der Waals surface area (Å²) in [5.74, 6) is 0. The van der Waals surface area contributed by atoms with Crippen LogP contribution in [0.5, 0.6) is 0 Å². The largest absolute Gasteiger partial charge is 0.482 e. The number of alkyl halides is 5. The number of halogens is 5. The van der Waals surface area contributed by atoms with E-state index in [4.69, 9.17) is 0 Å². The first-order chi connectivity index (χ1) is 5.33. The van der Waals surface area contributed by atoms with Crippen LogP contribution in [0, 0.1) is 0 Å². The van der Waals surface area contributed by atoms with Crippen LogP contribution in [0.4, 0.5) is 22.0 Å². The zero-order chi connectivity index (χ0) is 9.41. The van der Waals surface area contributed by atoms with Crippen LogP contribution < -0.4 is 5.32 Å². The summed E-state index contributed by atoms with van der Waals surface area (Å²) in [7, 11) is 0. The molecule has 0 unspecified atom stereocenters. The van der Waals surface area contributed by atoms with Gasteiger partial charge in [0.1, 0.15) is 0 Å². The number of hydrogen-bond donors (Lipinski definition) is 1. The van der Waals surface area contributed by atoms with E-state index in [-0.39, 0.29) is 13.1 Å². The summed E-state index contributed by atoms with van der Waals surface area (Å²) in [5, 5.41) is 2.51. The number of ether oxygens (including phenoxy) is 1. The van der Waals surface area contributed by atoms with Crippen molar-refractivity contribution in [2.75, 3.05) is 13.1 Å². The summed E-state index contributed by atoms with van der Waals surface area (Å²) >= 11 is 0. The fourth-order valence-electron chi connectivity index (χ4n) is 0.622. The Labute approximate surface area is 64.7 Å². The normalized spacial score (nSPS) is 20.8. The predicted molar refractivity (Wildman–Crippen MR) is 28.7 cm³/mol. The second-order valence-electron chi connectivity index (χ2n) is 2.41. The van der Waals surface area contributed by atoms with E-state index in [1.54, 1.807) is 0 Å². The van der Waals surface area contributed by atoms with E-state index >= 15 is 0 Å². The van der Waals surface area contributed by atoms with Crippen LogP contribution in [-0.2, 0) is 4.74 Å². The van der Waals surface area contributed by atoms with E-state index in [1.807, 2.05) is 0 Å². The highest BCUT2D eigenvalue weighted by molar-refractivity contribution is 4.78. The Bertz CT molecular complexity index is 164. The van der Waals surface area contributed by atoms with Crippen molar-refractivity contribution in [2.24, 2.45) is 0 Å². The molecule has 0 saturated carbocycles. The molecule has 1 N–H and O–H groups in total. The van der Waals surface area contributed by atoms with E-state index in [0.717, 1.165) is 0 Å². The minimum absolute atomic E-state index is 0.0334. The third kappa shape index (κ3) is 1.84. The number of hydrogen-bond acceptors (Lipinski definition) is 2. The molecule has 0 aromatic heterocycles. The third-order valence-corrected chi connectivity index (χ3v) is 1.39. The number of nitrogens with one attached hydrogen (secondary N) is 1. The Morgan fingerprint density at radius 2 is 1.58 bits per heavy atom. The van der Waals surface area contributed by atoms with Crippen LogP contribution in [0.25, 0.3) is 0 Å². The van der Waals surface area contributed by atoms with Crippen molar-refractivity contribution in [1.29, 1.82) is 0 Å². The van der Waals surface area contributed by atoms with Gasteiger partial charge in [0.25, 0.3) is 0 Å². The molecule has 0 aromatic carbocycles. The molecule has 0 aromatic rings. The molecule has 0 radical (unpaired) electrons. The maximum absolute atomic E-state index is 12.0. The molecule has 72 valence electrons. The van der Waals surface area contributed by atoms with Gasteiger partial charge in [0.2, 0.25) is 0 Å². The predicted octanol–water partition coefficient (Wildman–Crippen LogP) is 1.13. The summed E-state index contributed by atoms with van der Waals surface area (Å²) < 4.78 is 61.9. The highest BCUT2D eigenvalue weighted by Crippen LogP contribution is 2.37. The van der Waals surface area contributed by atoms with Crippen LogP contribution in [0.1, 0.15) is 0 Å². The molecule has 1 aliphatic rings. The van der Waals surface area contributed by atoms with Gasteiger partial charge in [0.05, 0.1) is 6.10 Å². The summed E-state index contributed by atoms with van der Waals surface area (Å²) in [4.78, 5) is 0. The van der Waals surface area contributed by atoms with Crippen LogP contribution in [0.2, 0.25) is 0 Å². The van der Waals surface area contributed by atoms with Gasteiger partial charge >= 0.3 is 12.3 Å². The maximum Gasteiger partial charge on any atom is 0.482 e. The standard InChI is InChI=1S/C5H6F5NO/c6-4(7,8)5(9,10)12-3-1-11-2-3/h3,11H,1-2H2. The van der Waals surface area contributed by atoms with Gasteiger partial charge < -0.3 is 10.1 Å². The van der Waals surface area contributed by atoms with Gasteiger partial charge in [-0.05, 0) is 0 Å². The molecular formula is C5H6F5NO. The lowest BCUT2D eigenvalue weighted by molar-refractivity contribution is -0.404. The lowest BCUT2D eigenvalue weighted by atomic mass is 10.2. The molecule has 1 heterocycles. The van der Waals surface area contributed by atoms with Crippen LogP contribution in [-0.4, -0.2) is 31.5 Å². The van der Waals surface area contributed by atoms with E-state index in [9.17, 15) is 22.0 Å². The van der Waals surface area contributed by atoms with E-state index in [2.05, 4.69) is 10.1 Å². The molecule has 0 aliphatic carbocycles. The fourth-order valence-corrected chi connectivity index (χ4v) is 0.622. The second kappa shape index (κ2) is 2.81. The molecule has 1 fully saturated rings. The Morgan fingerprint density at radius 3 is 1.83 bits per heavy atom. The average molecular weight is 191 g/mol. The van der Waals surface area contributed by atoms with Gasteiger partial charge in [-0.15, -0.1) is 0 Å². The minimum Gasteiger partial charge on any atom is -0.311 e. The first-order valence-electron chi connectivity index (χ1n) is 3.16. The van der Waals surface area contributed by atoms with E-state index in [1.165, 1.54) is 0 Å². The Morgan fingerprint density at radius 1 is 1.08 bits per heavy atom. The topological polar surface area (TPSA) is 21.3 Å². The molecule has 1 aliphatic heterocycles. The van der Waals surface area contributed by atoms with Crippen molar-refractivity contribution < 1.29 is 26.7 Å². The van der Waals surface area contributed by atoms with E-state index < -0.39 is 18.4 Å². The first kappa shape index (κ1) is 9.66. The monoisotopic (exact) mass is 191 g/mol. The van der Waals surface area contributed by atoms with Gasteiger partial charge in [-0.25, -0.2) is 0 Å². The second-order valence-corrected chi connectivity index (χ2v) is 2.41. The van der Waals surface area contributed by atoms with Crippen molar-refractivity contribution in [3.63, 3.8) is 0 Å². The van der Waals surface area contributed by atoms with Crippen molar-refractivity contribution in [3.8, 4) is 0 Å². The highest BCUT2D eigenvalue weighted by Gasteiger charge is 2.60. The van der Waals surface area contributed by atoms with Crippen LogP contribution in [0.15, 0.2) is 0 Å². The molecule has 1 rings (SSSR count). The average Bonchev–Trinajstić information content (AvgIpc) is 1.76. The third-order valence-electron chi connectivity index (χ3n) is 1.39. The molecule has 12 heavy (non-hydrogen) atoms. The molecule has 1 saturated heterocycles. The lowest BCUT2D eigenvalue weighted by Crippen LogP contribution is -2.54. The van der Waals surface area contributed by atoms with Crippen molar-refractivity contribution >= 4 is 0 Å². The molecule has 0 atom stereocenters. The molecule has 0 spiro atoms. The summed E-state index contributed by atoms with van der Waals surface area (Å²) in [6, 6.07) is 0. The molecule has 0 bridgehead atoms. The van der Waals surface area contributed by atoms with Crippen molar-refractivity contribution in [1.82, 2.24) is 5.32 Å². The molecule has 2 nitrogen and oxygen atoms in total. The Balaban J connectivity index is 2.46. The molecule has 7 heteroatoms. The summed E-state index contributed by atoms with van der Waals surface area (Å²) in [6.45, 7) is 0.0668. The quantitative estimate of drug-likeness (QED) is 0.660. The molecular weight excluding hydrogens is 185 g/mol. The maximum atomic E-state index is 12.0. The highest BCUT2D eigenvalue weighted by atomic mass is 19.4. The van der Waals surface area contributed by atoms with Crippen molar-refractivity contribution in [2.45, 2.75) is 18.4 Å². The summed E-state index contributed by atoms with van der Waals surface area (Å²) in [5.41, 5.74) is 0.